The lowest BCUT2D eigenvalue weighted by Gasteiger charge is -1.59. The van der Waals surface area contributed by atoms with E-state index in [4.69, 9.17) is 26.6 Å². The Bertz CT molecular complexity index is 71.4. The van der Waals surface area contributed by atoms with Gasteiger partial charge < -0.3 is 10.2 Å². The van der Waals surface area contributed by atoms with Crippen molar-refractivity contribution in [2.45, 2.75) is 6.92 Å². The average Bonchev–Trinajstić information content (AvgIpc) is 1.65. The van der Waals surface area contributed by atoms with E-state index in [1.54, 1.807) is 0 Å². The van der Waals surface area contributed by atoms with Crippen molar-refractivity contribution in [1.82, 2.24) is 0 Å². The van der Waals surface area contributed by atoms with E-state index in [9.17, 15) is 0 Å². The highest BCUT2D eigenvalue weighted by Gasteiger charge is 1.65. The number of aliphatic hydroxyl groups is 1. The maximum absolute atomic E-state index is 9.00. The first-order valence-electron chi connectivity index (χ1n) is 1.74. The maximum Gasteiger partial charge on any atom is 0.300 e. The lowest BCUT2D eigenvalue weighted by atomic mass is 10.9. The van der Waals surface area contributed by atoms with Crippen LogP contribution in [0.15, 0.2) is 11.8 Å². The summed E-state index contributed by atoms with van der Waals surface area (Å²) >= 11 is 4.76. The molecule has 0 aliphatic carbocycles. The van der Waals surface area contributed by atoms with Gasteiger partial charge in [-0.3, -0.25) is 4.79 Å². The molecule has 0 atom stereocenters. The third kappa shape index (κ3) is 1090. The van der Waals surface area contributed by atoms with Gasteiger partial charge in [0.2, 0.25) is 0 Å². The summed E-state index contributed by atoms with van der Waals surface area (Å²) in [6.45, 7) is 1.08. The summed E-state index contributed by atoms with van der Waals surface area (Å²) in [5.74, 6) is -0.833. The molecule has 0 aliphatic heterocycles. The van der Waals surface area contributed by atoms with E-state index >= 15 is 0 Å². The van der Waals surface area contributed by atoms with E-state index in [1.165, 1.54) is 0 Å². The summed E-state index contributed by atoms with van der Waals surface area (Å²) in [6, 6.07) is 0. The number of hydrogen-bond acceptors (Lipinski definition) is 2. The summed E-state index contributed by atoms with van der Waals surface area (Å²) in [7, 11) is 0. The minimum Gasteiger partial charge on any atom is -0.515 e. The van der Waals surface area contributed by atoms with E-state index in [0.717, 1.165) is 18.7 Å². The highest BCUT2D eigenvalue weighted by molar-refractivity contribution is 6.25. The van der Waals surface area contributed by atoms with Gasteiger partial charge in [-0.1, -0.05) is 11.6 Å². The number of aliphatic hydroxyl groups excluding tert-OH is 1. The van der Waals surface area contributed by atoms with Crippen LogP contribution in [-0.4, -0.2) is 16.2 Å². The predicted octanol–water partition coefficient (Wildman–Crippen LogP) is 1.35. The second kappa shape index (κ2) is 9.57. The van der Waals surface area contributed by atoms with Crippen molar-refractivity contribution in [3.63, 3.8) is 0 Å². The molecular weight excluding hydrogens is 131 g/mol. The first-order valence-corrected chi connectivity index (χ1v) is 2.17. The SMILES string of the molecule is CC(=O)O.OC=CCl. The molecule has 0 spiro atoms. The topological polar surface area (TPSA) is 57.5 Å². The molecule has 0 unspecified atom stereocenters. The molecule has 8 heavy (non-hydrogen) atoms. The highest BCUT2D eigenvalue weighted by Crippen LogP contribution is 1.67. The second-order valence-corrected chi connectivity index (χ2v) is 1.05. The lowest BCUT2D eigenvalue weighted by molar-refractivity contribution is -0.134. The molecule has 0 rings (SSSR count). The smallest absolute Gasteiger partial charge is 0.300 e. The maximum atomic E-state index is 9.00. The van der Waals surface area contributed by atoms with Crippen LogP contribution in [0.25, 0.3) is 0 Å². The van der Waals surface area contributed by atoms with Crippen molar-refractivity contribution >= 4 is 17.6 Å². The summed E-state index contributed by atoms with van der Waals surface area (Å²) in [5.41, 5.74) is 1.03. The molecule has 0 saturated carbocycles. The molecule has 0 amide bonds. The largest absolute Gasteiger partial charge is 0.515 e. The van der Waals surface area contributed by atoms with Crippen LogP contribution in [0.4, 0.5) is 0 Å². The number of carboxylic acids is 1. The minimum atomic E-state index is -0.833. The van der Waals surface area contributed by atoms with Crippen molar-refractivity contribution in [1.29, 1.82) is 0 Å². The number of carboxylic acid groups (broad SMARTS) is 1. The molecule has 4 heteroatoms. The molecule has 3 nitrogen and oxygen atoms in total. The van der Waals surface area contributed by atoms with Gasteiger partial charge in [-0.25, -0.2) is 0 Å². The van der Waals surface area contributed by atoms with Crippen molar-refractivity contribution in [2.24, 2.45) is 0 Å². The van der Waals surface area contributed by atoms with Gasteiger partial charge in [-0.2, -0.15) is 0 Å². The van der Waals surface area contributed by atoms with Gasteiger partial charge in [-0.15, -0.1) is 0 Å². The molecule has 48 valence electrons. The number of carbonyl (C=O) groups is 1. The zero-order valence-corrected chi connectivity index (χ0v) is 5.09. The van der Waals surface area contributed by atoms with Crippen molar-refractivity contribution in [3.8, 4) is 0 Å². The van der Waals surface area contributed by atoms with Crippen LogP contribution >= 0.6 is 11.6 Å². The monoisotopic (exact) mass is 138 g/mol. The van der Waals surface area contributed by atoms with Crippen LogP contribution in [0.5, 0.6) is 0 Å². The number of hydrogen-bond donors (Lipinski definition) is 2. The zero-order valence-electron chi connectivity index (χ0n) is 4.34. The van der Waals surface area contributed by atoms with Crippen molar-refractivity contribution < 1.29 is 15.0 Å². The standard InChI is InChI=1S/C2H3ClO.C2H4O2/c3-1-2-4;1-2(3)4/h1-2,4H;1H3,(H,3,4). The van der Waals surface area contributed by atoms with Gasteiger partial charge in [0.15, 0.2) is 0 Å². The highest BCUT2D eigenvalue weighted by atomic mass is 35.5. The normalized spacial score (nSPS) is 7.75. The van der Waals surface area contributed by atoms with Crippen LogP contribution in [0, 0.1) is 0 Å². The molecule has 0 aromatic rings. The number of rotatable bonds is 0. The summed E-state index contributed by atoms with van der Waals surface area (Å²) in [4.78, 5) is 9.00. The third-order valence-electron chi connectivity index (χ3n) is 0.0563. The Morgan fingerprint density at radius 1 is 1.75 bits per heavy atom. The van der Waals surface area contributed by atoms with E-state index in [1.807, 2.05) is 0 Å². The first-order chi connectivity index (χ1) is 3.65. The van der Waals surface area contributed by atoms with Crippen LogP contribution in [0.3, 0.4) is 0 Å². The molecule has 2 N–H and O–H groups in total. The fourth-order valence-electron chi connectivity index (χ4n) is 0. The van der Waals surface area contributed by atoms with Crippen LogP contribution in [0.1, 0.15) is 6.92 Å². The Morgan fingerprint density at radius 3 is 1.88 bits per heavy atom. The van der Waals surface area contributed by atoms with Gasteiger partial charge in [0.1, 0.15) is 0 Å². The Balaban J connectivity index is 0. The number of aliphatic carboxylic acids is 1. The van der Waals surface area contributed by atoms with Crippen LogP contribution in [0.2, 0.25) is 0 Å². The van der Waals surface area contributed by atoms with Crippen LogP contribution < -0.4 is 0 Å². The molecule has 0 bridgehead atoms. The van der Waals surface area contributed by atoms with Gasteiger partial charge in [0.25, 0.3) is 5.97 Å². The van der Waals surface area contributed by atoms with Gasteiger partial charge in [0.05, 0.1) is 6.26 Å². The molecule has 0 aromatic heterocycles. The Kier molecular flexibility index (Phi) is 12.3. The van der Waals surface area contributed by atoms with Gasteiger partial charge in [0, 0.05) is 12.5 Å². The van der Waals surface area contributed by atoms with E-state index in [-0.39, 0.29) is 0 Å². The predicted molar refractivity (Wildman–Crippen MR) is 30.9 cm³/mol. The average molecular weight is 139 g/mol. The fourth-order valence-corrected chi connectivity index (χ4v) is 0. The molecule has 0 aliphatic rings. The molecule has 0 radical (unpaired) electrons. The summed E-state index contributed by atoms with van der Waals surface area (Å²) in [5, 5.41) is 15.0. The Morgan fingerprint density at radius 2 is 1.88 bits per heavy atom. The Hall–Kier alpha value is -0.700. The molecular formula is C4H7ClO3. The minimum absolute atomic E-state index is 0.765. The fraction of sp³-hybridized carbons (Fsp3) is 0.250. The van der Waals surface area contributed by atoms with Crippen molar-refractivity contribution in [3.05, 3.63) is 11.8 Å². The summed E-state index contributed by atoms with van der Waals surface area (Å²) < 4.78 is 0. The lowest BCUT2D eigenvalue weighted by Crippen LogP contribution is -1.78. The van der Waals surface area contributed by atoms with Gasteiger partial charge >= 0.3 is 0 Å². The second-order valence-electron chi connectivity index (χ2n) is 0.794. The molecule has 0 aromatic carbocycles. The molecule has 0 fully saturated rings. The molecule has 0 heterocycles. The third-order valence-corrected chi connectivity index (χ3v) is 0.169. The van der Waals surface area contributed by atoms with E-state index in [2.05, 4.69) is 0 Å². The summed E-state index contributed by atoms with van der Waals surface area (Å²) in [6.07, 6.45) is 0.765. The Labute approximate surface area is 52.2 Å². The van der Waals surface area contributed by atoms with E-state index < -0.39 is 5.97 Å². The van der Waals surface area contributed by atoms with Crippen LogP contribution in [-0.2, 0) is 4.79 Å². The number of halogens is 1. The van der Waals surface area contributed by atoms with Crippen molar-refractivity contribution in [2.75, 3.05) is 0 Å². The first kappa shape index (κ1) is 10.3. The van der Waals surface area contributed by atoms with Gasteiger partial charge in [-0.05, 0) is 0 Å². The van der Waals surface area contributed by atoms with E-state index in [0.29, 0.717) is 0 Å². The zero-order chi connectivity index (χ0) is 6.99. The molecule has 0 saturated heterocycles. The quantitative estimate of drug-likeness (QED) is 0.497.